The van der Waals surface area contributed by atoms with E-state index >= 15 is 0 Å². The Morgan fingerprint density at radius 3 is 2.34 bits per heavy atom. The molecule has 164 valence electrons. The fraction of sp³-hybridized carbons (Fsp3) is 0.400. The number of nitrogens with zero attached hydrogens (tertiary/aromatic N) is 1. The minimum absolute atomic E-state index is 0.178. The number of halogens is 1. The highest BCUT2D eigenvalue weighted by Crippen LogP contribution is 2.66. The first-order valence-corrected chi connectivity index (χ1v) is 11.9. The number of aromatic nitrogens is 2. The molecule has 0 aromatic carbocycles. The van der Waals surface area contributed by atoms with E-state index in [1.807, 2.05) is 4.98 Å². The Kier molecular flexibility index (Phi) is 7.00. The van der Waals surface area contributed by atoms with Gasteiger partial charge in [0.05, 0.1) is 0 Å². The van der Waals surface area contributed by atoms with Gasteiger partial charge in [0.2, 0.25) is 0 Å². The van der Waals surface area contributed by atoms with Crippen LogP contribution in [0.4, 0.5) is 4.39 Å². The average molecular weight is 482 g/mol. The predicted molar refractivity (Wildman–Crippen MR) is 89.1 cm³/mol. The summed E-state index contributed by atoms with van der Waals surface area (Å²) in [5, 5.41) is 9.83. The molecule has 0 amide bonds. The Bertz CT molecular complexity index is 1050. The predicted octanol–water partition coefficient (Wildman–Crippen LogP) is -0.942. The number of H-pyrrole nitrogens is 1. The second-order valence-corrected chi connectivity index (χ2v) is 10.1. The van der Waals surface area contributed by atoms with Crippen molar-refractivity contribution in [3.8, 4) is 0 Å². The van der Waals surface area contributed by atoms with E-state index in [0.717, 1.165) is 12.3 Å². The summed E-state index contributed by atoms with van der Waals surface area (Å²) < 4.78 is 60.6. The molecule has 15 nitrogen and oxygen atoms in total. The maximum Gasteiger partial charge on any atom is 0.488 e. The SMILES string of the molecule is O=c1ccn([C@@H]2O[C@H](C=CP(=O)(O)OP(=O)(O)OP(=O)(O)O)[C@@H](O)[C@H]2F)c(=O)[nH]1. The van der Waals surface area contributed by atoms with Crippen LogP contribution in [0.15, 0.2) is 33.7 Å². The molecule has 2 rings (SSSR count). The van der Waals surface area contributed by atoms with Crippen molar-refractivity contribution in [3.63, 3.8) is 0 Å². The van der Waals surface area contributed by atoms with E-state index in [9.17, 15) is 37.7 Å². The second-order valence-electron chi connectivity index (χ2n) is 5.47. The third-order valence-electron chi connectivity index (χ3n) is 3.25. The molecule has 1 saturated heterocycles. The van der Waals surface area contributed by atoms with Gasteiger partial charge in [-0.3, -0.25) is 18.9 Å². The van der Waals surface area contributed by atoms with E-state index in [1.54, 1.807) is 0 Å². The van der Waals surface area contributed by atoms with E-state index < -0.39 is 59.1 Å². The third kappa shape index (κ3) is 6.60. The molecule has 0 radical (unpaired) electrons. The highest BCUT2D eigenvalue weighted by atomic mass is 31.3. The Balaban J connectivity index is 2.16. The van der Waals surface area contributed by atoms with Crippen LogP contribution >= 0.6 is 23.2 Å². The van der Waals surface area contributed by atoms with Gasteiger partial charge >= 0.3 is 28.9 Å². The van der Waals surface area contributed by atoms with Crippen LogP contribution in [0, 0.1) is 0 Å². The van der Waals surface area contributed by atoms with Crippen LogP contribution in [0.25, 0.3) is 0 Å². The van der Waals surface area contributed by atoms with Crippen molar-refractivity contribution >= 4 is 23.2 Å². The number of ether oxygens (including phenoxy) is 1. The lowest BCUT2D eigenvalue weighted by atomic mass is 10.1. The maximum atomic E-state index is 14.3. The summed E-state index contributed by atoms with van der Waals surface area (Å²) in [6.45, 7) is 0. The Labute approximate surface area is 159 Å². The molecule has 0 saturated carbocycles. The van der Waals surface area contributed by atoms with Crippen molar-refractivity contribution in [3.05, 3.63) is 45.0 Å². The summed E-state index contributed by atoms with van der Waals surface area (Å²) in [5.74, 6) is 0.178. The summed E-state index contributed by atoms with van der Waals surface area (Å²) in [4.78, 5) is 60.0. The number of nitrogens with one attached hydrogen (secondary N) is 1. The summed E-state index contributed by atoms with van der Waals surface area (Å²) in [6.07, 6.45) is -6.13. The smallest absolute Gasteiger partial charge is 0.387 e. The highest BCUT2D eigenvalue weighted by molar-refractivity contribution is 7.69. The monoisotopic (exact) mass is 482 g/mol. The zero-order valence-corrected chi connectivity index (χ0v) is 16.5. The standard InChI is InChI=1S/C10H14FN2O13P3/c11-7-8(15)5(24-9(7)13-3-1-6(14)12-10(13)16)2-4-27(17,18)25-29(22,23)26-28(19,20)21/h1-5,7-9,15H,(H,17,18)(H,22,23)(H,12,14,16)(H2,19,20,21)/t5-,7-,8-,9-/m1/s1. The van der Waals surface area contributed by atoms with Crippen LogP contribution in [0.3, 0.4) is 0 Å². The average Bonchev–Trinajstić information content (AvgIpc) is 2.78. The van der Waals surface area contributed by atoms with Gasteiger partial charge in [-0.2, -0.15) is 4.31 Å². The fourth-order valence-electron chi connectivity index (χ4n) is 2.19. The lowest BCUT2D eigenvalue weighted by Crippen LogP contribution is -2.35. The molecular weight excluding hydrogens is 468 g/mol. The first kappa shape index (κ1) is 24.0. The second kappa shape index (κ2) is 8.46. The zero-order chi connectivity index (χ0) is 22.2. The van der Waals surface area contributed by atoms with Gasteiger partial charge in [-0.15, -0.1) is 0 Å². The van der Waals surface area contributed by atoms with Crippen molar-refractivity contribution < 1.29 is 56.1 Å². The molecule has 0 aliphatic carbocycles. The molecule has 0 bridgehead atoms. The topological polar surface area (TPSA) is 235 Å². The molecule has 2 heterocycles. The summed E-state index contributed by atoms with van der Waals surface area (Å²) >= 11 is 0. The van der Waals surface area contributed by atoms with Gasteiger partial charge in [-0.1, -0.05) is 0 Å². The van der Waals surface area contributed by atoms with Crippen molar-refractivity contribution in [2.45, 2.75) is 24.6 Å². The van der Waals surface area contributed by atoms with Crippen LogP contribution in [0.1, 0.15) is 6.23 Å². The van der Waals surface area contributed by atoms with Crippen LogP contribution in [-0.2, 0) is 27.1 Å². The highest BCUT2D eigenvalue weighted by Gasteiger charge is 2.45. The van der Waals surface area contributed by atoms with Crippen LogP contribution in [0.5, 0.6) is 0 Å². The molecule has 1 aliphatic heterocycles. The van der Waals surface area contributed by atoms with Crippen molar-refractivity contribution in [1.29, 1.82) is 0 Å². The molecule has 1 fully saturated rings. The van der Waals surface area contributed by atoms with Gasteiger partial charge in [0, 0.05) is 18.1 Å². The number of phosphoric acid groups is 2. The summed E-state index contributed by atoms with van der Waals surface area (Å²) in [6, 6.07) is 0.878. The first-order valence-electron chi connectivity index (χ1n) is 7.22. The van der Waals surface area contributed by atoms with E-state index in [-0.39, 0.29) is 5.82 Å². The van der Waals surface area contributed by atoms with Gasteiger partial charge in [0.15, 0.2) is 12.4 Å². The van der Waals surface area contributed by atoms with Crippen LogP contribution < -0.4 is 11.2 Å². The minimum atomic E-state index is -5.68. The first-order chi connectivity index (χ1) is 13.1. The molecule has 0 spiro atoms. The molecule has 29 heavy (non-hydrogen) atoms. The number of aliphatic hydroxyl groups excluding tert-OH is 1. The van der Waals surface area contributed by atoms with E-state index in [1.165, 1.54) is 0 Å². The van der Waals surface area contributed by atoms with E-state index in [2.05, 4.69) is 8.62 Å². The third-order valence-corrected chi connectivity index (χ3v) is 7.24. The van der Waals surface area contributed by atoms with Crippen molar-refractivity contribution in [1.82, 2.24) is 9.55 Å². The Morgan fingerprint density at radius 1 is 1.17 bits per heavy atom. The number of aliphatic hydroxyl groups is 1. The maximum absolute atomic E-state index is 14.3. The van der Waals surface area contributed by atoms with Gasteiger partial charge in [-0.25, -0.2) is 22.6 Å². The Morgan fingerprint density at radius 2 is 1.79 bits per heavy atom. The van der Waals surface area contributed by atoms with Gasteiger partial charge in [0.25, 0.3) is 5.56 Å². The molecule has 6 N–H and O–H groups in total. The van der Waals surface area contributed by atoms with Crippen molar-refractivity contribution in [2.24, 2.45) is 0 Å². The molecule has 2 unspecified atom stereocenters. The van der Waals surface area contributed by atoms with E-state index in [4.69, 9.17) is 19.4 Å². The lowest BCUT2D eigenvalue weighted by Gasteiger charge is -2.15. The molecule has 1 aliphatic rings. The van der Waals surface area contributed by atoms with Crippen LogP contribution in [-0.4, -0.2) is 52.6 Å². The normalized spacial score (nSPS) is 29.6. The van der Waals surface area contributed by atoms with Gasteiger partial charge in [0.1, 0.15) is 12.2 Å². The number of rotatable bonds is 7. The molecule has 19 heteroatoms. The largest absolute Gasteiger partial charge is 0.488 e. The molecular formula is C10H14FN2O13P3. The quantitative estimate of drug-likeness (QED) is 0.258. The number of aromatic amines is 1. The van der Waals surface area contributed by atoms with Crippen LogP contribution in [0.2, 0.25) is 0 Å². The number of hydrogen-bond donors (Lipinski definition) is 6. The van der Waals surface area contributed by atoms with Gasteiger partial charge in [-0.05, 0) is 6.08 Å². The molecule has 6 atom stereocenters. The summed E-state index contributed by atoms with van der Waals surface area (Å²) in [7, 11) is -16.4. The zero-order valence-electron chi connectivity index (χ0n) is 13.8. The Hall–Kier alpha value is -1.28. The van der Waals surface area contributed by atoms with E-state index in [0.29, 0.717) is 10.6 Å². The van der Waals surface area contributed by atoms with Gasteiger partial charge < -0.3 is 29.4 Å². The summed E-state index contributed by atoms with van der Waals surface area (Å²) in [5.41, 5.74) is -1.84. The lowest BCUT2D eigenvalue weighted by molar-refractivity contribution is -0.00699. The fourth-order valence-corrected chi connectivity index (χ4v) is 5.44. The molecule has 1 aromatic heterocycles. The number of alkyl halides is 1. The number of hydrogen-bond acceptors (Lipinski definition) is 9. The molecule has 1 aromatic rings. The minimum Gasteiger partial charge on any atom is -0.387 e. The van der Waals surface area contributed by atoms with Crippen molar-refractivity contribution in [2.75, 3.05) is 0 Å².